The van der Waals surface area contributed by atoms with Gasteiger partial charge >= 0.3 is 0 Å². The molecule has 3 unspecified atom stereocenters. The van der Waals surface area contributed by atoms with Gasteiger partial charge in [-0.2, -0.15) is 0 Å². The number of hydrazine groups is 1. The number of hydrogen-bond donors (Lipinski definition) is 2. The van der Waals surface area contributed by atoms with Crippen LogP contribution in [0.5, 0.6) is 0 Å². The van der Waals surface area contributed by atoms with Gasteiger partial charge in [-0.25, -0.2) is 4.39 Å². The lowest BCUT2D eigenvalue weighted by Gasteiger charge is -2.37. The summed E-state index contributed by atoms with van der Waals surface area (Å²) in [5.74, 6) is 6.73. The average molecular weight is 329 g/mol. The number of benzene rings is 1. The van der Waals surface area contributed by atoms with Crippen LogP contribution < -0.4 is 11.3 Å². The van der Waals surface area contributed by atoms with Crippen LogP contribution in [0.1, 0.15) is 50.6 Å². The SMILES string of the molecule is CCC1CCCCC1C(NN)c1cc(F)ccc1Br. The van der Waals surface area contributed by atoms with Gasteiger partial charge < -0.3 is 0 Å². The van der Waals surface area contributed by atoms with E-state index in [1.165, 1.54) is 25.3 Å². The van der Waals surface area contributed by atoms with Gasteiger partial charge in [0.25, 0.3) is 0 Å². The van der Waals surface area contributed by atoms with Crippen LogP contribution in [0.25, 0.3) is 0 Å². The summed E-state index contributed by atoms with van der Waals surface area (Å²) in [6.07, 6.45) is 6.13. The van der Waals surface area contributed by atoms with Crippen molar-refractivity contribution in [2.24, 2.45) is 17.7 Å². The Kier molecular flexibility index (Phi) is 5.37. The van der Waals surface area contributed by atoms with Gasteiger partial charge in [0.2, 0.25) is 0 Å². The van der Waals surface area contributed by atoms with Crippen LogP contribution in [0.4, 0.5) is 4.39 Å². The zero-order valence-corrected chi connectivity index (χ0v) is 12.9. The molecule has 1 aliphatic rings. The number of rotatable bonds is 4. The molecule has 3 N–H and O–H groups in total. The van der Waals surface area contributed by atoms with Crippen LogP contribution in [0.15, 0.2) is 22.7 Å². The first kappa shape index (κ1) is 14.9. The van der Waals surface area contributed by atoms with Crippen LogP contribution in [0.3, 0.4) is 0 Å². The van der Waals surface area contributed by atoms with Crippen molar-refractivity contribution in [3.63, 3.8) is 0 Å². The Morgan fingerprint density at radius 1 is 1.42 bits per heavy atom. The highest BCUT2D eigenvalue weighted by molar-refractivity contribution is 9.10. The van der Waals surface area contributed by atoms with Crippen molar-refractivity contribution in [2.75, 3.05) is 0 Å². The molecule has 1 fully saturated rings. The van der Waals surface area contributed by atoms with E-state index in [1.807, 2.05) is 0 Å². The molecule has 2 nitrogen and oxygen atoms in total. The molecule has 1 saturated carbocycles. The molecular weight excluding hydrogens is 307 g/mol. The zero-order valence-electron chi connectivity index (χ0n) is 11.3. The maximum Gasteiger partial charge on any atom is 0.123 e. The molecule has 4 heteroatoms. The second-order valence-electron chi connectivity index (χ2n) is 5.43. The summed E-state index contributed by atoms with van der Waals surface area (Å²) < 4.78 is 14.4. The van der Waals surface area contributed by atoms with Crippen molar-refractivity contribution in [3.05, 3.63) is 34.1 Å². The molecule has 0 bridgehead atoms. The zero-order chi connectivity index (χ0) is 13.8. The van der Waals surface area contributed by atoms with Gasteiger partial charge in [-0.05, 0) is 42.0 Å². The van der Waals surface area contributed by atoms with Gasteiger partial charge in [0.1, 0.15) is 5.82 Å². The second kappa shape index (κ2) is 6.82. The molecule has 0 heterocycles. The molecule has 106 valence electrons. The minimum atomic E-state index is -0.206. The number of nitrogens with one attached hydrogen (secondary N) is 1. The summed E-state index contributed by atoms with van der Waals surface area (Å²) in [4.78, 5) is 0. The van der Waals surface area contributed by atoms with E-state index in [1.54, 1.807) is 12.1 Å². The summed E-state index contributed by atoms with van der Waals surface area (Å²) in [5.41, 5.74) is 3.86. The van der Waals surface area contributed by atoms with Crippen molar-refractivity contribution in [1.29, 1.82) is 0 Å². The Labute approximate surface area is 123 Å². The lowest BCUT2D eigenvalue weighted by Crippen LogP contribution is -2.38. The van der Waals surface area contributed by atoms with Crippen molar-refractivity contribution in [3.8, 4) is 0 Å². The van der Waals surface area contributed by atoms with E-state index < -0.39 is 0 Å². The highest BCUT2D eigenvalue weighted by atomic mass is 79.9. The molecule has 1 aromatic rings. The fraction of sp³-hybridized carbons (Fsp3) is 0.600. The van der Waals surface area contributed by atoms with Crippen LogP contribution in [-0.2, 0) is 0 Å². The quantitative estimate of drug-likeness (QED) is 0.638. The first-order chi connectivity index (χ1) is 9.17. The topological polar surface area (TPSA) is 38.0 Å². The molecule has 2 rings (SSSR count). The summed E-state index contributed by atoms with van der Waals surface area (Å²) in [6, 6.07) is 4.85. The lowest BCUT2D eigenvalue weighted by atomic mass is 9.72. The standard InChI is InChI=1S/C15H22BrFN2/c1-2-10-5-3-4-6-12(10)15(19-18)13-9-11(17)7-8-14(13)16/h7-10,12,15,19H,2-6,18H2,1H3. The summed E-state index contributed by atoms with van der Waals surface area (Å²) in [6.45, 7) is 2.23. The molecular formula is C15H22BrFN2. The molecule has 1 aliphatic carbocycles. The third kappa shape index (κ3) is 3.36. The predicted molar refractivity (Wildman–Crippen MR) is 79.9 cm³/mol. The minimum absolute atomic E-state index is 0.0234. The van der Waals surface area contributed by atoms with Gasteiger partial charge in [0, 0.05) is 4.47 Å². The molecule has 0 aromatic heterocycles. The van der Waals surface area contributed by atoms with E-state index in [9.17, 15) is 4.39 Å². The fourth-order valence-corrected chi connectivity index (χ4v) is 3.87. The Bertz CT molecular complexity index is 425. The molecule has 0 aliphatic heterocycles. The maximum atomic E-state index is 13.5. The van der Waals surface area contributed by atoms with Crippen molar-refractivity contribution in [1.82, 2.24) is 5.43 Å². The third-order valence-electron chi connectivity index (χ3n) is 4.39. The van der Waals surface area contributed by atoms with E-state index in [2.05, 4.69) is 28.3 Å². The van der Waals surface area contributed by atoms with Crippen molar-refractivity contribution >= 4 is 15.9 Å². The van der Waals surface area contributed by atoms with Crippen molar-refractivity contribution < 1.29 is 4.39 Å². The van der Waals surface area contributed by atoms with Crippen LogP contribution in [0.2, 0.25) is 0 Å². The van der Waals surface area contributed by atoms with Crippen molar-refractivity contribution in [2.45, 2.75) is 45.1 Å². The Balaban J connectivity index is 2.29. The minimum Gasteiger partial charge on any atom is -0.271 e. The highest BCUT2D eigenvalue weighted by Crippen LogP contribution is 2.41. The van der Waals surface area contributed by atoms with E-state index in [0.717, 1.165) is 22.9 Å². The van der Waals surface area contributed by atoms with Crippen LogP contribution in [-0.4, -0.2) is 0 Å². The third-order valence-corrected chi connectivity index (χ3v) is 5.12. The molecule has 0 spiro atoms. The van der Waals surface area contributed by atoms with Gasteiger partial charge in [-0.1, -0.05) is 48.5 Å². The highest BCUT2D eigenvalue weighted by Gasteiger charge is 2.32. The summed E-state index contributed by atoms with van der Waals surface area (Å²) in [7, 11) is 0. The molecule has 19 heavy (non-hydrogen) atoms. The smallest absolute Gasteiger partial charge is 0.123 e. The first-order valence-electron chi connectivity index (χ1n) is 7.08. The average Bonchev–Trinajstić information content (AvgIpc) is 2.44. The van der Waals surface area contributed by atoms with Gasteiger partial charge in [-0.3, -0.25) is 11.3 Å². The van der Waals surface area contributed by atoms with Crippen LogP contribution in [0, 0.1) is 17.7 Å². The summed E-state index contributed by atoms with van der Waals surface area (Å²) in [5, 5.41) is 0. The van der Waals surface area contributed by atoms with Gasteiger partial charge in [0.15, 0.2) is 0 Å². The first-order valence-corrected chi connectivity index (χ1v) is 7.87. The lowest BCUT2D eigenvalue weighted by molar-refractivity contribution is 0.175. The fourth-order valence-electron chi connectivity index (χ4n) is 3.38. The predicted octanol–water partition coefficient (Wildman–Crippen LogP) is 4.31. The number of nitrogens with two attached hydrogens (primary N) is 1. The number of halogens is 2. The Morgan fingerprint density at radius 2 is 2.16 bits per heavy atom. The van der Waals surface area contributed by atoms with Gasteiger partial charge in [-0.15, -0.1) is 0 Å². The Morgan fingerprint density at radius 3 is 2.84 bits per heavy atom. The molecule has 0 amide bonds. The number of hydrogen-bond acceptors (Lipinski definition) is 2. The second-order valence-corrected chi connectivity index (χ2v) is 6.28. The van der Waals surface area contributed by atoms with E-state index in [4.69, 9.17) is 5.84 Å². The molecule has 1 aromatic carbocycles. The van der Waals surface area contributed by atoms with Gasteiger partial charge in [0.05, 0.1) is 6.04 Å². The normalized spacial score (nSPS) is 25.3. The molecule has 0 radical (unpaired) electrons. The molecule has 0 saturated heterocycles. The van der Waals surface area contributed by atoms with E-state index in [-0.39, 0.29) is 11.9 Å². The molecule has 3 atom stereocenters. The summed E-state index contributed by atoms with van der Waals surface area (Å²) >= 11 is 3.52. The largest absolute Gasteiger partial charge is 0.271 e. The van der Waals surface area contributed by atoms with E-state index in [0.29, 0.717) is 11.8 Å². The van der Waals surface area contributed by atoms with E-state index >= 15 is 0 Å². The van der Waals surface area contributed by atoms with Crippen LogP contribution >= 0.6 is 15.9 Å². The Hall–Kier alpha value is -0.450. The maximum absolute atomic E-state index is 13.5. The monoisotopic (exact) mass is 328 g/mol.